The van der Waals surface area contributed by atoms with E-state index in [2.05, 4.69) is 27.4 Å². The minimum absolute atomic E-state index is 0.0334. The van der Waals surface area contributed by atoms with Crippen LogP contribution in [-0.4, -0.2) is 22.4 Å². The van der Waals surface area contributed by atoms with Gasteiger partial charge in [-0.2, -0.15) is 0 Å². The number of hydrogen-bond donors (Lipinski definition) is 0. The topological polar surface area (TPSA) is 44.1 Å². The third-order valence-corrected chi connectivity index (χ3v) is 8.37. The molecule has 1 aliphatic rings. The molecule has 2 aromatic heterocycles. The van der Waals surface area contributed by atoms with Crippen LogP contribution in [0.4, 0.5) is 0 Å². The maximum Gasteiger partial charge on any atom is 0.267 e. The predicted molar refractivity (Wildman–Crippen MR) is 132 cm³/mol. The monoisotopic (exact) mass is 454 g/mol. The number of ether oxygens (including phenoxy) is 1. The van der Waals surface area contributed by atoms with Crippen LogP contribution in [0.25, 0.3) is 15.9 Å². The second-order valence-corrected chi connectivity index (χ2v) is 11.5. The van der Waals surface area contributed by atoms with Gasteiger partial charge in [-0.3, -0.25) is 9.36 Å². The summed E-state index contributed by atoms with van der Waals surface area (Å²) in [5.74, 6) is 2.13. The van der Waals surface area contributed by atoms with E-state index >= 15 is 0 Å². The van der Waals surface area contributed by atoms with Crippen molar-refractivity contribution >= 4 is 33.3 Å². The number of benzene rings is 1. The molecule has 0 fully saturated rings. The Hall–Kier alpha value is -2.05. The minimum atomic E-state index is 0.0334. The van der Waals surface area contributed by atoms with Gasteiger partial charge in [0, 0.05) is 10.6 Å². The first-order valence-electron chi connectivity index (χ1n) is 10.7. The molecule has 6 heteroatoms. The number of hydrogen-bond acceptors (Lipinski definition) is 5. The fraction of sp³-hybridized carbons (Fsp3) is 0.440. The van der Waals surface area contributed by atoms with Crippen molar-refractivity contribution in [2.75, 3.05) is 12.9 Å². The second-order valence-electron chi connectivity index (χ2n) is 9.47. The normalized spacial score (nSPS) is 16.4. The first-order chi connectivity index (χ1) is 14.7. The van der Waals surface area contributed by atoms with E-state index in [1.54, 1.807) is 34.8 Å². The summed E-state index contributed by atoms with van der Waals surface area (Å²) in [5, 5.41) is 1.53. The van der Waals surface area contributed by atoms with E-state index in [0.29, 0.717) is 5.92 Å². The molecule has 0 spiro atoms. The number of thioether (sulfide) groups is 1. The summed E-state index contributed by atoms with van der Waals surface area (Å²) >= 11 is 3.28. The zero-order valence-corrected chi connectivity index (χ0v) is 20.6. The molecule has 0 N–H and O–H groups in total. The second kappa shape index (κ2) is 8.47. The van der Waals surface area contributed by atoms with Crippen LogP contribution in [0.5, 0.6) is 5.75 Å². The van der Waals surface area contributed by atoms with E-state index in [1.807, 2.05) is 31.2 Å². The number of aryl methyl sites for hydroxylation is 1. The molecule has 4 rings (SSSR count). The van der Waals surface area contributed by atoms with E-state index in [0.717, 1.165) is 57.4 Å². The molecule has 1 aromatic carbocycles. The summed E-state index contributed by atoms with van der Waals surface area (Å²) < 4.78 is 7.06. The highest BCUT2D eigenvalue weighted by molar-refractivity contribution is 7.99. The first kappa shape index (κ1) is 22.2. The Morgan fingerprint density at radius 2 is 2.03 bits per heavy atom. The Balaban J connectivity index is 1.88. The molecule has 0 saturated heterocycles. The summed E-state index contributed by atoms with van der Waals surface area (Å²) in [6.07, 6.45) is 3.11. The molecule has 0 radical (unpaired) electrons. The highest BCUT2D eigenvalue weighted by Crippen LogP contribution is 2.42. The summed E-state index contributed by atoms with van der Waals surface area (Å²) in [5.41, 5.74) is 3.39. The van der Waals surface area contributed by atoms with Gasteiger partial charge in [-0.05, 0) is 67.3 Å². The Bertz CT molecular complexity index is 1180. The van der Waals surface area contributed by atoms with Gasteiger partial charge in [0.2, 0.25) is 0 Å². The van der Waals surface area contributed by atoms with Crippen molar-refractivity contribution in [3.05, 3.63) is 57.2 Å². The number of thiophene rings is 1. The molecule has 164 valence electrons. The van der Waals surface area contributed by atoms with Crippen molar-refractivity contribution < 1.29 is 4.74 Å². The number of methoxy groups -OCH3 is 1. The van der Waals surface area contributed by atoms with Gasteiger partial charge >= 0.3 is 0 Å². The average Bonchev–Trinajstić information content (AvgIpc) is 3.09. The highest BCUT2D eigenvalue weighted by Gasteiger charge is 2.32. The van der Waals surface area contributed by atoms with E-state index < -0.39 is 0 Å². The van der Waals surface area contributed by atoms with Gasteiger partial charge in [-0.25, -0.2) is 4.98 Å². The Kier molecular flexibility index (Phi) is 6.05. The number of nitrogens with zero attached hydrogens (tertiary/aromatic N) is 2. The van der Waals surface area contributed by atoms with Gasteiger partial charge in [0.1, 0.15) is 10.6 Å². The van der Waals surface area contributed by atoms with E-state index in [1.165, 1.54) is 10.4 Å². The van der Waals surface area contributed by atoms with Crippen LogP contribution in [0.15, 0.2) is 46.4 Å². The lowest BCUT2D eigenvalue weighted by Crippen LogP contribution is -2.27. The molecule has 0 aliphatic heterocycles. The third-order valence-electron chi connectivity index (χ3n) is 6.06. The van der Waals surface area contributed by atoms with Crippen LogP contribution in [0.1, 0.15) is 44.6 Å². The molecule has 0 unspecified atom stereocenters. The summed E-state index contributed by atoms with van der Waals surface area (Å²) in [4.78, 5) is 21.0. The fourth-order valence-electron chi connectivity index (χ4n) is 4.19. The summed E-state index contributed by atoms with van der Waals surface area (Å²) in [7, 11) is 1.64. The Morgan fingerprint density at radius 3 is 2.65 bits per heavy atom. The van der Waals surface area contributed by atoms with Crippen molar-refractivity contribution in [1.82, 2.24) is 9.55 Å². The Morgan fingerprint density at radius 1 is 1.32 bits per heavy atom. The van der Waals surface area contributed by atoms with Crippen molar-refractivity contribution in [2.24, 2.45) is 11.3 Å². The lowest BCUT2D eigenvalue weighted by Gasteiger charge is -2.33. The molecule has 0 bridgehead atoms. The van der Waals surface area contributed by atoms with Crippen LogP contribution in [0.2, 0.25) is 0 Å². The maximum absolute atomic E-state index is 13.8. The summed E-state index contributed by atoms with van der Waals surface area (Å²) in [6.45, 7) is 13.0. The standard InChI is InChI=1S/C25H30N2O2S2/c1-15(2)14-30-24-26-22-21(19-12-7-16(25(3,4)5)13-20(19)31-22)23(28)27(24)17-8-10-18(29-6)11-9-17/h8-11,16H,1,7,12-14H2,2-6H3/t16-/m0/s1. The van der Waals surface area contributed by atoms with Crippen LogP contribution >= 0.6 is 23.1 Å². The van der Waals surface area contributed by atoms with Crippen LogP contribution in [0, 0.1) is 11.3 Å². The molecule has 1 aliphatic carbocycles. The van der Waals surface area contributed by atoms with Gasteiger partial charge in [0.25, 0.3) is 5.56 Å². The molecule has 0 amide bonds. The van der Waals surface area contributed by atoms with Gasteiger partial charge in [0.05, 0.1) is 18.2 Å². The molecule has 3 aromatic rings. The zero-order valence-electron chi connectivity index (χ0n) is 18.9. The SMILES string of the molecule is C=C(C)CSc1nc2sc3c(c2c(=O)n1-c1ccc(OC)cc1)CC[C@H](C(C)(C)C)C3. The fourth-order valence-corrected chi connectivity index (χ4v) is 6.39. The van der Waals surface area contributed by atoms with Crippen LogP contribution in [0.3, 0.4) is 0 Å². The van der Waals surface area contributed by atoms with Crippen molar-refractivity contribution in [3.8, 4) is 11.4 Å². The first-order valence-corrected chi connectivity index (χ1v) is 12.5. The van der Waals surface area contributed by atoms with E-state index in [4.69, 9.17) is 9.72 Å². The zero-order chi connectivity index (χ0) is 22.3. The molecule has 31 heavy (non-hydrogen) atoms. The molecular weight excluding hydrogens is 424 g/mol. The smallest absolute Gasteiger partial charge is 0.267 e. The third kappa shape index (κ3) is 4.33. The lowest BCUT2D eigenvalue weighted by atomic mass is 9.72. The minimum Gasteiger partial charge on any atom is -0.497 e. The molecule has 2 heterocycles. The van der Waals surface area contributed by atoms with Crippen LogP contribution in [-0.2, 0) is 12.8 Å². The number of rotatable bonds is 5. The Labute approximate surface area is 192 Å². The van der Waals surface area contributed by atoms with Gasteiger partial charge in [-0.1, -0.05) is 44.7 Å². The molecule has 1 atom stereocenters. The van der Waals surface area contributed by atoms with Gasteiger partial charge in [0.15, 0.2) is 5.16 Å². The van der Waals surface area contributed by atoms with E-state index in [-0.39, 0.29) is 11.0 Å². The number of aromatic nitrogens is 2. The highest BCUT2D eigenvalue weighted by atomic mass is 32.2. The number of fused-ring (bicyclic) bond motifs is 3. The maximum atomic E-state index is 13.8. The average molecular weight is 455 g/mol. The quantitative estimate of drug-likeness (QED) is 0.259. The largest absolute Gasteiger partial charge is 0.497 e. The van der Waals surface area contributed by atoms with Crippen molar-refractivity contribution in [1.29, 1.82) is 0 Å². The van der Waals surface area contributed by atoms with Crippen molar-refractivity contribution in [3.63, 3.8) is 0 Å². The lowest BCUT2D eigenvalue weighted by molar-refractivity contribution is 0.218. The van der Waals surface area contributed by atoms with Crippen LogP contribution < -0.4 is 10.3 Å². The predicted octanol–water partition coefficient (Wildman–Crippen LogP) is 6.28. The summed E-state index contributed by atoms with van der Waals surface area (Å²) in [6, 6.07) is 7.62. The van der Waals surface area contributed by atoms with Crippen molar-refractivity contribution in [2.45, 2.75) is 52.1 Å². The molecule has 4 nitrogen and oxygen atoms in total. The van der Waals surface area contributed by atoms with Gasteiger partial charge in [-0.15, -0.1) is 11.3 Å². The van der Waals surface area contributed by atoms with Gasteiger partial charge < -0.3 is 4.74 Å². The molecule has 0 saturated carbocycles. The molecular formula is C25H30N2O2S2. The van der Waals surface area contributed by atoms with E-state index in [9.17, 15) is 4.79 Å².